The van der Waals surface area contributed by atoms with Gasteiger partial charge in [0.1, 0.15) is 0 Å². The summed E-state index contributed by atoms with van der Waals surface area (Å²) in [5, 5.41) is 4.41. The summed E-state index contributed by atoms with van der Waals surface area (Å²) in [5.74, 6) is 0. The largest absolute Gasteiger partial charge is 0.326 e. The highest BCUT2D eigenvalue weighted by Gasteiger charge is 2.28. The van der Waals surface area contributed by atoms with Crippen LogP contribution in [0.2, 0.25) is 0 Å². The van der Waals surface area contributed by atoms with Crippen LogP contribution in [-0.4, -0.2) is 17.5 Å². The first kappa shape index (κ1) is 13.8. The average Bonchev–Trinajstić information content (AvgIpc) is 3.01. The van der Waals surface area contributed by atoms with Crippen LogP contribution in [0, 0.1) is 0 Å². The maximum Gasteiger partial charge on any atom is 0.0510 e. The van der Waals surface area contributed by atoms with Gasteiger partial charge in [0.05, 0.1) is 6.04 Å². The molecule has 1 aliphatic rings. The summed E-state index contributed by atoms with van der Waals surface area (Å²) in [5.41, 5.74) is 10.8. The molecule has 0 saturated carbocycles. The Morgan fingerprint density at radius 2 is 2.05 bits per heavy atom. The Labute approximate surface area is 125 Å². The first-order valence-corrected chi connectivity index (χ1v) is 8.32. The number of benzene rings is 1. The number of rotatable bonds is 4. The highest BCUT2D eigenvalue weighted by atomic mass is 32.1. The van der Waals surface area contributed by atoms with Crippen molar-refractivity contribution in [3.63, 3.8) is 0 Å². The Bertz CT molecular complexity index is 550. The number of thiophene rings is 1. The number of hydrogen-bond donors (Lipinski definition) is 1. The molecule has 1 aliphatic heterocycles. The molecule has 0 aliphatic carbocycles. The second-order valence-corrected chi connectivity index (χ2v) is 6.34. The molecule has 2 N–H and O–H groups in total. The minimum atomic E-state index is 0.204. The first-order valence-electron chi connectivity index (χ1n) is 7.38. The van der Waals surface area contributed by atoms with E-state index in [9.17, 15) is 0 Å². The molecule has 0 bridgehead atoms. The van der Waals surface area contributed by atoms with Crippen molar-refractivity contribution in [2.45, 2.75) is 38.4 Å². The van der Waals surface area contributed by atoms with Gasteiger partial charge in [-0.25, -0.2) is 0 Å². The van der Waals surface area contributed by atoms with Gasteiger partial charge in [0.15, 0.2) is 0 Å². The molecule has 0 spiro atoms. The summed E-state index contributed by atoms with van der Waals surface area (Å²) < 4.78 is 0. The molecule has 1 aromatic carbocycles. The van der Waals surface area contributed by atoms with Crippen LogP contribution in [0.25, 0.3) is 0 Å². The molecule has 2 nitrogen and oxygen atoms in total. The van der Waals surface area contributed by atoms with E-state index in [0.29, 0.717) is 6.04 Å². The highest BCUT2D eigenvalue weighted by molar-refractivity contribution is 7.07. The minimum Gasteiger partial charge on any atom is -0.326 e. The summed E-state index contributed by atoms with van der Waals surface area (Å²) >= 11 is 1.76. The highest BCUT2D eigenvalue weighted by Crippen LogP contribution is 2.31. The average molecular weight is 286 g/mol. The van der Waals surface area contributed by atoms with E-state index in [-0.39, 0.29) is 6.04 Å². The van der Waals surface area contributed by atoms with Gasteiger partial charge >= 0.3 is 0 Å². The standard InChI is InChI=1S/C17H22N2S/c1-2-16(18)17(15-8-10-20-12-15)19-9-7-13-5-3-4-6-14(13)11-19/h3-6,8,10,12,16-17H,2,7,9,11,18H2,1H3. The Kier molecular flexibility index (Phi) is 4.20. The van der Waals surface area contributed by atoms with Crippen LogP contribution in [0.1, 0.15) is 36.1 Å². The van der Waals surface area contributed by atoms with Crippen LogP contribution >= 0.6 is 11.3 Å². The van der Waals surface area contributed by atoms with E-state index in [1.54, 1.807) is 11.3 Å². The normalized spacial score (nSPS) is 18.5. The zero-order valence-electron chi connectivity index (χ0n) is 12.0. The smallest absolute Gasteiger partial charge is 0.0510 e. The Morgan fingerprint density at radius 3 is 2.75 bits per heavy atom. The van der Waals surface area contributed by atoms with Crippen molar-refractivity contribution in [3.05, 3.63) is 57.8 Å². The molecule has 106 valence electrons. The lowest BCUT2D eigenvalue weighted by Gasteiger charge is -2.38. The van der Waals surface area contributed by atoms with Gasteiger partial charge in [0, 0.05) is 19.1 Å². The predicted molar refractivity (Wildman–Crippen MR) is 85.9 cm³/mol. The van der Waals surface area contributed by atoms with Crippen molar-refractivity contribution in [2.24, 2.45) is 5.73 Å². The molecule has 3 heteroatoms. The second kappa shape index (κ2) is 6.08. The van der Waals surface area contributed by atoms with E-state index < -0.39 is 0 Å². The summed E-state index contributed by atoms with van der Waals surface area (Å²) in [6, 6.07) is 11.6. The lowest BCUT2D eigenvalue weighted by atomic mass is 9.93. The van der Waals surface area contributed by atoms with Gasteiger partial charge in [0.2, 0.25) is 0 Å². The fourth-order valence-electron chi connectivity index (χ4n) is 3.15. The lowest BCUT2D eigenvalue weighted by Crippen LogP contribution is -2.43. The molecule has 2 atom stereocenters. The molecule has 2 heterocycles. The Balaban J connectivity index is 1.86. The van der Waals surface area contributed by atoms with Gasteiger partial charge in [-0.1, -0.05) is 31.2 Å². The van der Waals surface area contributed by atoms with Crippen LogP contribution in [0.5, 0.6) is 0 Å². The van der Waals surface area contributed by atoms with Gasteiger partial charge in [0.25, 0.3) is 0 Å². The van der Waals surface area contributed by atoms with Crippen molar-refractivity contribution < 1.29 is 0 Å². The maximum absolute atomic E-state index is 6.42. The molecule has 0 fully saturated rings. The molecule has 0 radical (unpaired) electrons. The molecule has 2 aromatic rings. The lowest BCUT2D eigenvalue weighted by molar-refractivity contribution is 0.153. The molecular weight excluding hydrogens is 264 g/mol. The van der Waals surface area contributed by atoms with E-state index in [2.05, 4.69) is 52.9 Å². The molecule has 20 heavy (non-hydrogen) atoms. The number of nitrogens with zero attached hydrogens (tertiary/aromatic N) is 1. The zero-order valence-corrected chi connectivity index (χ0v) is 12.8. The predicted octanol–water partition coefficient (Wildman–Crippen LogP) is 3.58. The number of nitrogens with two attached hydrogens (primary N) is 1. The van der Waals surface area contributed by atoms with Crippen LogP contribution in [-0.2, 0) is 13.0 Å². The summed E-state index contributed by atoms with van der Waals surface area (Å²) in [7, 11) is 0. The van der Waals surface area contributed by atoms with Crippen LogP contribution in [0.4, 0.5) is 0 Å². The van der Waals surface area contributed by atoms with Gasteiger partial charge in [-0.2, -0.15) is 11.3 Å². The van der Waals surface area contributed by atoms with Gasteiger partial charge in [-0.15, -0.1) is 0 Å². The van der Waals surface area contributed by atoms with Crippen LogP contribution in [0.3, 0.4) is 0 Å². The quantitative estimate of drug-likeness (QED) is 0.930. The molecule has 2 unspecified atom stereocenters. The van der Waals surface area contributed by atoms with Crippen molar-refractivity contribution in [2.75, 3.05) is 6.54 Å². The van der Waals surface area contributed by atoms with Crippen LogP contribution in [0.15, 0.2) is 41.1 Å². The van der Waals surface area contributed by atoms with E-state index in [1.807, 2.05) is 0 Å². The number of fused-ring (bicyclic) bond motifs is 1. The second-order valence-electron chi connectivity index (χ2n) is 5.56. The molecule has 3 rings (SSSR count). The van der Waals surface area contributed by atoms with E-state index in [0.717, 1.165) is 25.9 Å². The third kappa shape index (κ3) is 2.66. The van der Waals surface area contributed by atoms with E-state index in [4.69, 9.17) is 5.73 Å². The van der Waals surface area contributed by atoms with Crippen molar-refractivity contribution >= 4 is 11.3 Å². The minimum absolute atomic E-state index is 0.204. The third-order valence-corrected chi connectivity index (χ3v) is 5.02. The SMILES string of the molecule is CCC(N)C(c1ccsc1)N1CCc2ccccc2C1. The third-order valence-electron chi connectivity index (χ3n) is 4.32. The molecule has 0 saturated heterocycles. The van der Waals surface area contributed by atoms with Crippen molar-refractivity contribution in [3.8, 4) is 0 Å². The van der Waals surface area contributed by atoms with Gasteiger partial charge < -0.3 is 5.73 Å². The molecule has 0 amide bonds. The first-order chi connectivity index (χ1) is 9.79. The summed E-state index contributed by atoms with van der Waals surface area (Å²) in [6.07, 6.45) is 2.14. The van der Waals surface area contributed by atoms with Gasteiger partial charge in [-0.05, 0) is 46.4 Å². The van der Waals surface area contributed by atoms with Crippen molar-refractivity contribution in [1.29, 1.82) is 0 Å². The number of hydrogen-bond acceptors (Lipinski definition) is 3. The van der Waals surface area contributed by atoms with Crippen LogP contribution < -0.4 is 5.73 Å². The molecular formula is C17H22N2S. The fraction of sp³-hybridized carbons (Fsp3) is 0.412. The van der Waals surface area contributed by atoms with E-state index >= 15 is 0 Å². The van der Waals surface area contributed by atoms with E-state index in [1.165, 1.54) is 16.7 Å². The summed E-state index contributed by atoms with van der Waals surface area (Å²) in [6.45, 7) is 4.30. The fourth-order valence-corrected chi connectivity index (χ4v) is 3.84. The molecule has 1 aromatic heterocycles. The Hall–Kier alpha value is -1.16. The Morgan fingerprint density at radius 1 is 1.25 bits per heavy atom. The zero-order chi connectivity index (χ0) is 13.9. The maximum atomic E-state index is 6.42. The monoisotopic (exact) mass is 286 g/mol. The summed E-state index contributed by atoms with van der Waals surface area (Å²) in [4.78, 5) is 2.55. The van der Waals surface area contributed by atoms with Crippen molar-refractivity contribution in [1.82, 2.24) is 4.90 Å². The van der Waals surface area contributed by atoms with Gasteiger partial charge in [-0.3, -0.25) is 4.90 Å². The topological polar surface area (TPSA) is 29.3 Å².